The lowest BCUT2D eigenvalue weighted by molar-refractivity contribution is -0.145. The Morgan fingerprint density at radius 1 is 1.26 bits per heavy atom. The van der Waals surface area contributed by atoms with Gasteiger partial charge in [0.2, 0.25) is 17.7 Å². The number of unbranched alkanes of at least 4 members (excludes halogenated alkanes) is 1. The summed E-state index contributed by atoms with van der Waals surface area (Å²) in [5, 5.41) is 9.39. The Balaban J connectivity index is 2.06. The molecule has 35 heavy (non-hydrogen) atoms. The molecule has 3 aliphatic rings. The molecule has 3 aliphatic heterocycles. The highest BCUT2D eigenvalue weighted by Gasteiger charge is 2.76. The molecule has 2 bridgehead atoms. The summed E-state index contributed by atoms with van der Waals surface area (Å²) in [5.41, 5.74) is 0. The molecule has 3 fully saturated rings. The van der Waals surface area contributed by atoms with Gasteiger partial charge in [-0.2, -0.15) is 0 Å². The van der Waals surface area contributed by atoms with Crippen molar-refractivity contribution in [1.82, 2.24) is 14.7 Å². The summed E-state index contributed by atoms with van der Waals surface area (Å²) in [7, 11) is 1.76. The predicted molar refractivity (Wildman–Crippen MR) is 141 cm³/mol. The summed E-state index contributed by atoms with van der Waals surface area (Å²) in [6, 6.07) is -0.573. The normalized spacial score (nSPS) is 31.9. The second-order valence-electron chi connectivity index (χ2n) is 10.4. The highest BCUT2D eigenvalue weighted by Crippen LogP contribution is 2.68. The lowest BCUT2D eigenvalue weighted by Crippen LogP contribution is -2.58. The number of amides is 3. The van der Waals surface area contributed by atoms with E-state index in [1.807, 2.05) is 4.90 Å². The monoisotopic (exact) mass is 505 g/mol. The molecule has 1 spiro atoms. The van der Waals surface area contributed by atoms with Crippen LogP contribution in [0.4, 0.5) is 0 Å². The minimum atomic E-state index is -0.612. The zero-order valence-electron chi connectivity index (χ0n) is 21.8. The second kappa shape index (κ2) is 11.5. The van der Waals surface area contributed by atoms with E-state index in [-0.39, 0.29) is 41.5 Å². The van der Waals surface area contributed by atoms with Crippen molar-refractivity contribution in [2.75, 3.05) is 33.3 Å². The Labute approximate surface area is 215 Å². The molecule has 3 rings (SSSR count). The average molecular weight is 506 g/mol. The van der Waals surface area contributed by atoms with Gasteiger partial charge in [-0.1, -0.05) is 32.4 Å². The van der Waals surface area contributed by atoms with E-state index in [1.165, 1.54) is 0 Å². The van der Waals surface area contributed by atoms with Gasteiger partial charge in [0.05, 0.1) is 16.6 Å². The van der Waals surface area contributed by atoms with Gasteiger partial charge in [0.15, 0.2) is 0 Å². The molecular weight excluding hydrogens is 462 g/mol. The van der Waals surface area contributed by atoms with E-state index in [0.717, 1.165) is 19.3 Å². The van der Waals surface area contributed by atoms with Crippen LogP contribution in [0.25, 0.3) is 0 Å². The van der Waals surface area contributed by atoms with Crippen molar-refractivity contribution in [2.24, 2.45) is 17.8 Å². The maximum Gasteiger partial charge on any atom is 0.247 e. The highest BCUT2D eigenvalue weighted by atomic mass is 32.2. The topological polar surface area (TPSA) is 81.2 Å². The average Bonchev–Trinajstić information content (AvgIpc) is 3.41. The van der Waals surface area contributed by atoms with Gasteiger partial charge in [-0.25, -0.2) is 0 Å². The SMILES string of the molecule is C=CCN(C)C(=O)[C@@H]1[C@@H]2CC(C)C3(S2)C(C(=O)N(CC=C)C(C)CCC)N(CCCCO)C(=O)[C@H]13. The lowest BCUT2D eigenvalue weighted by atomic mass is 9.65. The summed E-state index contributed by atoms with van der Waals surface area (Å²) < 4.78 is -0.612. The number of aliphatic hydroxyl groups excluding tert-OH is 1. The summed E-state index contributed by atoms with van der Waals surface area (Å²) in [5.74, 6) is -0.915. The van der Waals surface area contributed by atoms with Gasteiger partial charge in [0, 0.05) is 44.6 Å². The molecule has 8 heteroatoms. The number of thioether (sulfide) groups is 1. The molecule has 0 saturated carbocycles. The summed E-state index contributed by atoms with van der Waals surface area (Å²) >= 11 is 1.71. The van der Waals surface area contributed by atoms with Gasteiger partial charge in [-0.15, -0.1) is 24.9 Å². The molecule has 7 nitrogen and oxygen atoms in total. The molecule has 3 amide bonds. The van der Waals surface area contributed by atoms with Crippen LogP contribution in [0.3, 0.4) is 0 Å². The van der Waals surface area contributed by atoms with E-state index < -0.39 is 22.6 Å². The Kier molecular flexibility index (Phi) is 9.13. The predicted octanol–water partition coefficient (Wildman–Crippen LogP) is 2.94. The molecule has 7 atom stereocenters. The van der Waals surface area contributed by atoms with Crippen molar-refractivity contribution < 1.29 is 19.5 Å². The molecule has 0 aromatic rings. The Morgan fingerprint density at radius 3 is 2.54 bits per heavy atom. The van der Waals surface area contributed by atoms with E-state index >= 15 is 0 Å². The third-order valence-electron chi connectivity index (χ3n) is 8.20. The molecular formula is C27H43N3O4S. The first-order chi connectivity index (χ1) is 16.7. The van der Waals surface area contributed by atoms with Crippen LogP contribution in [0.1, 0.15) is 52.9 Å². The van der Waals surface area contributed by atoms with Crippen LogP contribution in [-0.2, 0) is 14.4 Å². The molecule has 3 saturated heterocycles. The standard InChI is InChI=1S/C27H43N3O4S/c1-7-12-19(5)29(14-9-3)26(34)23-27-18(4)17-20(35-27)21(24(32)28(6)13-8-2)22(27)25(33)30(23)15-10-11-16-31/h8-9,18-23,31H,2-3,7,10-17H2,1,4-6H3/t18?,19?,20-,21+,22-,23?,27?/m0/s1. The highest BCUT2D eigenvalue weighted by molar-refractivity contribution is 8.02. The largest absolute Gasteiger partial charge is 0.396 e. The van der Waals surface area contributed by atoms with Crippen LogP contribution in [-0.4, -0.2) is 92.9 Å². The van der Waals surface area contributed by atoms with Gasteiger partial charge >= 0.3 is 0 Å². The summed E-state index contributed by atoms with van der Waals surface area (Å²) in [4.78, 5) is 47.2. The lowest BCUT2D eigenvalue weighted by Gasteiger charge is -2.42. The van der Waals surface area contributed by atoms with Crippen molar-refractivity contribution in [3.05, 3.63) is 25.3 Å². The third kappa shape index (κ3) is 4.68. The van der Waals surface area contributed by atoms with E-state index in [2.05, 4.69) is 33.9 Å². The van der Waals surface area contributed by atoms with Gasteiger partial charge in [0.25, 0.3) is 0 Å². The number of aliphatic hydroxyl groups is 1. The zero-order valence-corrected chi connectivity index (χ0v) is 22.6. The van der Waals surface area contributed by atoms with Gasteiger partial charge in [0.1, 0.15) is 6.04 Å². The number of likely N-dealkylation sites (tertiary alicyclic amines) is 1. The molecule has 1 N–H and O–H groups in total. The zero-order chi connectivity index (χ0) is 25.9. The van der Waals surface area contributed by atoms with Crippen molar-refractivity contribution in [1.29, 1.82) is 0 Å². The van der Waals surface area contributed by atoms with E-state index in [1.54, 1.807) is 40.8 Å². The minimum absolute atomic E-state index is 0.0276. The van der Waals surface area contributed by atoms with Crippen molar-refractivity contribution in [3.8, 4) is 0 Å². The molecule has 0 radical (unpaired) electrons. The maximum atomic E-state index is 14.3. The van der Waals surface area contributed by atoms with Crippen LogP contribution < -0.4 is 0 Å². The molecule has 0 aromatic carbocycles. The first kappa shape index (κ1) is 27.8. The second-order valence-corrected chi connectivity index (χ2v) is 12.0. The fourth-order valence-corrected chi connectivity index (χ4v) is 9.02. The fourth-order valence-electron chi connectivity index (χ4n) is 6.61. The Morgan fingerprint density at radius 2 is 1.94 bits per heavy atom. The van der Waals surface area contributed by atoms with Crippen molar-refractivity contribution in [2.45, 2.75) is 75.0 Å². The minimum Gasteiger partial charge on any atom is -0.396 e. The smallest absolute Gasteiger partial charge is 0.247 e. The number of rotatable bonds is 13. The van der Waals surface area contributed by atoms with Crippen LogP contribution in [0, 0.1) is 17.8 Å². The number of hydrogen-bond acceptors (Lipinski definition) is 5. The molecule has 0 aliphatic carbocycles. The van der Waals surface area contributed by atoms with Crippen molar-refractivity contribution >= 4 is 29.5 Å². The fraction of sp³-hybridized carbons (Fsp3) is 0.741. The summed E-state index contributed by atoms with van der Waals surface area (Å²) in [6.45, 7) is 15.3. The third-order valence-corrected chi connectivity index (χ3v) is 10.3. The quantitative estimate of drug-likeness (QED) is 0.308. The molecule has 0 aromatic heterocycles. The maximum absolute atomic E-state index is 14.3. The number of carbonyl (C=O) groups is 3. The van der Waals surface area contributed by atoms with Crippen molar-refractivity contribution in [3.63, 3.8) is 0 Å². The number of fused-ring (bicyclic) bond motifs is 1. The number of likely N-dealkylation sites (N-methyl/N-ethyl adjacent to an activating group) is 1. The molecule has 3 heterocycles. The van der Waals surface area contributed by atoms with Crippen LogP contribution >= 0.6 is 11.8 Å². The van der Waals surface area contributed by atoms with E-state index in [4.69, 9.17) is 0 Å². The number of carbonyl (C=O) groups excluding carboxylic acids is 3. The Hall–Kier alpha value is -1.80. The van der Waals surface area contributed by atoms with Gasteiger partial charge in [-0.3, -0.25) is 14.4 Å². The van der Waals surface area contributed by atoms with Crippen LogP contribution in [0.5, 0.6) is 0 Å². The molecule has 196 valence electrons. The first-order valence-electron chi connectivity index (χ1n) is 13.1. The number of hydrogen-bond donors (Lipinski definition) is 1. The Bertz CT molecular complexity index is 835. The van der Waals surface area contributed by atoms with E-state index in [0.29, 0.717) is 32.5 Å². The van der Waals surface area contributed by atoms with Crippen LogP contribution in [0.15, 0.2) is 25.3 Å². The van der Waals surface area contributed by atoms with Gasteiger partial charge < -0.3 is 19.8 Å². The van der Waals surface area contributed by atoms with Gasteiger partial charge in [-0.05, 0) is 38.5 Å². The number of nitrogens with zero attached hydrogens (tertiary/aromatic N) is 3. The van der Waals surface area contributed by atoms with Crippen LogP contribution in [0.2, 0.25) is 0 Å². The molecule has 4 unspecified atom stereocenters. The van der Waals surface area contributed by atoms with E-state index in [9.17, 15) is 19.5 Å². The first-order valence-corrected chi connectivity index (χ1v) is 13.9. The summed E-state index contributed by atoms with van der Waals surface area (Å²) in [6.07, 6.45) is 7.30.